The fourth-order valence-corrected chi connectivity index (χ4v) is 3.87. The van der Waals surface area contributed by atoms with E-state index in [0.717, 1.165) is 60.8 Å². The first kappa shape index (κ1) is 22.0. The number of carbonyl (C=O) groups excluding carboxylic acids is 2. The number of likely N-dealkylation sites (tertiary alicyclic amines) is 1. The van der Waals surface area contributed by atoms with Gasteiger partial charge >= 0.3 is 5.97 Å². The van der Waals surface area contributed by atoms with E-state index in [9.17, 15) is 9.59 Å². The van der Waals surface area contributed by atoms with Crippen LogP contribution in [0.4, 0.5) is 0 Å². The molecule has 1 aromatic rings. The second kappa shape index (κ2) is 10.9. The zero-order valence-corrected chi connectivity index (χ0v) is 18.0. The Labute approximate surface area is 180 Å². The Morgan fingerprint density at radius 1 is 1.33 bits per heavy atom. The molecule has 2 heterocycles. The number of nitrogens with one attached hydrogen (secondary N) is 1. The van der Waals surface area contributed by atoms with Crippen molar-refractivity contribution in [2.75, 3.05) is 26.8 Å². The van der Waals surface area contributed by atoms with E-state index >= 15 is 0 Å². The molecule has 2 saturated heterocycles. The van der Waals surface area contributed by atoms with Crippen molar-refractivity contribution < 1.29 is 19.1 Å². The Bertz CT molecular complexity index is 876. The standard InChI is InChI=1S/C21H26N4O4S/c1-3-10-29-17-7-6-15(11-16(17)14-25-8-4-5-9-25)13-22-24-21-23-20(27)18(30-21)12-19(26)28-2/h6-7,11-13H,3-5,8-10,14H2,1-2H3,(H,23,24,27)/b18-12+,22-13?. The summed E-state index contributed by atoms with van der Waals surface area (Å²) < 4.78 is 10.4. The maximum Gasteiger partial charge on any atom is 0.331 e. The molecule has 0 unspecified atom stereocenters. The van der Waals surface area contributed by atoms with E-state index in [1.54, 1.807) is 6.21 Å². The van der Waals surface area contributed by atoms with E-state index in [-0.39, 0.29) is 4.91 Å². The fraction of sp³-hybridized carbons (Fsp3) is 0.429. The number of esters is 1. The summed E-state index contributed by atoms with van der Waals surface area (Å²) in [4.78, 5) is 25.8. The van der Waals surface area contributed by atoms with Gasteiger partial charge in [-0.05, 0) is 67.9 Å². The third kappa shape index (κ3) is 6.17. The van der Waals surface area contributed by atoms with Crippen LogP contribution in [-0.2, 0) is 20.9 Å². The molecule has 1 N–H and O–H groups in total. The predicted octanol–water partition coefficient (Wildman–Crippen LogP) is 2.68. The van der Waals surface area contributed by atoms with Crippen LogP contribution in [0.25, 0.3) is 0 Å². The van der Waals surface area contributed by atoms with Crippen molar-refractivity contribution in [1.29, 1.82) is 0 Å². The van der Waals surface area contributed by atoms with Crippen LogP contribution in [0.15, 0.2) is 39.4 Å². The second-order valence-electron chi connectivity index (χ2n) is 6.94. The van der Waals surface area contributed by atoms with Crippen molar-refractivity contribution in [3.05, 3.63) is 40.3 Å². The summed E-state index contributed by atoms with van der Waals surface area (Å²) >= 11 is 1.04. The molecule has 30 heavy (non-hydrogen) atoms. The lowest BCUT2D eigenvalue weighted by atomic mass is 10.1. The molecule has 2 aliphatic rings. The van der Waals surface area contributed by atoms with Gasteiger partial charge < -0.3 is 9.47 Å². The van der Waals surface area contributed by atoms with Crippen LogP contribution in [-0.4, -0.2) is 55.0 Å². The van der Waals surface area contributed by atoms with Crippen molar-refractivity contribution in [2.24, 2.45) is 10.2 Å². The Morgan fingerprint density at radius 2 is 2.13 bits per heavy atom. The molecule has 9 heteroatoms. The quantitative estimate of drug-likeness (QED) is 0.295. The SMILES string of the molecule is CCCOc1ccc(C=N/N=C2/NC(=O)/C(=C\C(=O)OC)S2)cc1CN1CCCC1. The molecular weight excluding hydrogens is 404 g/mol. The summed E-state index contributed by atoms with van der Waals surface area (Å²) in [6, 6.07) is 5.97. The Balaban J connectivity index is 1.70. The summed E-state index contributed by atoms with van der Waals surface area (Å²) in [5, 5.41) is 11.0. The number of carbonyl (C=O) groups is 2. The minimum Gasteiger partial charge on any atom is -0.493 e. The highest BCUT2D eigenvalue weighted by atomic mass is 32.2. The van der Waals surface area contributed by atoms with E-state index < -0.39 is 11.9 Å². The van der Waals surface area contributed by atoms with Gasteiger partial charge in [-0.15, -0.1) is 5.10 Å². The molecule has 0 bridgehead atoms. The average molecular weight is 431 g/mol. The van der Waals surface area contributed by atoms with Gasteiger partial charge in [-0.25, -0.2) is 4.79 Å². The number of amides is 1. The zero-order valence-electron chi connectivity index (χ0n) is 17.2. The third-order valence-electron chi connectivity index (χ3n) is 4.60. The number of thioether (sulfide) groups is 1. The molecule has 0 radical (unpaired) electrons. The highest BCUT2D eigenvalue weighted by Crippen LogP contribution is 2.25. The molecular formula is C21H26N4O4S. The molecule has 0 aliphatic carbocycles. The van der Waals surface area contributed by atoms with Gasteiger partial charge in [0.05, 0.1) is 24.8 Å². The lowest BCUT2D eigenvalue weighted by molar-refractivity contribution is -0.135. The number of ether oxygens (including phenoxy) is 2. The number of hydrogen-bond acceptors (Lipinski definition) is 8. The van der Waals surface area contributed by atoms with Gasteiger partial charge in [-0.3, -0.25) is 15.0 Å². The minimum atomic E-state index is -0.590. The van der Waals surface area contributed by atoms with E-state index in [0.29, 0.717) is 11.8 Å². The molecule has 0 aromatic heterocycles. The van der Waals surface area contributed by atoms with Gasteiger partial charge in [-0.2, -0.15) is 5.10 Å². The van der Waals surface area contributed by atoms with Crippen LogP contribution in [0.2, 0.25) is 0 Å². The van der Waals surface area contributed by atoms with Crippen LogP contribution >= 0.6 is 11.8 Å². The summed E-state index contributed by atoms with van der Waals surface area (Å²) in [5.74, 6) is -0.0820. The summed E-state index contributed by atoms with van der Waals surface area (Å²) in [6.45, 7) is 5.84. The largest absolute Gasteiger partial charge is 0.493 e. The average Bonchev–Trinajstić information content (AvgIpc) is 3.37. The van der Waals surface area contributed by atoms with E-state index in [2.05, 4.69) is 38.1 Å². The molecule has 8 nitrogen and oxygen atoms in total. The van der Waals surface area contributed by atoms with Crippen LogP contribution < -0.4 is 10.1 Å². The highest BCUT2D eigenvalue weighted by molar-refractivity contribution is 8.18. The summed E-state index contributed by atoms with van der Waals surface area (Å²) in [5.41, 5.74) is 2.03. The topological polar surface area (TPSA) is 92.6 Å². The maximum absolute atomic E-state index is 11.8. The molecule has 160 valence electrons. The molecule has 0 saturated carbocycles. The van der Waals surface area contributed by atoms with Gasteiger partial charge in [0.25, 0.3) is 5.91 Å². The minimum absolute atomic E-state index is 0.223. The zero-order chi connectivity index (χ0) is 21.3. The smallest absolute Gasteiger partial charge is 0.331 e. The van der Waals surface area contributed by atoms with Crippen molar-refractivity contribution in [3.63, 3.8) is 0 Å². The molecule has 3 rings (SSSR count). The van der Waals surface area contributed by atoms with E-state index in [1.165, 1.54) is 20.0 Å². The van der Waals surface area contributed by atoms with E-state index in [4.69, 9.17) is 4.74 Å². The maximum atomic E-state index is 11.8. The molecule has 2 fully saturated rings. The first-order valence-electron chi connectivity index (χ1n) is 9.97. The van der Waals surface area contributed by atoms with Crippen molar-refractivity contribution >= 4 is 35.0 Å². The van der Waals surface area contributed by atoms with Crippen LogP contribution in [0.3, 0.4) is 0 Å². The molecule has 2 aliphatic heterocycles. The third-order valence-corrected chi connectivity index (χ3v) is 5.50. The number of hydrogen-bond donors (Lipinski definition) is 1. The lowest BCUT2D eigenvalue weighted by Gasteiger charge is -2.18. The second-order valence-corrected chi connectivity index (χ2v) is 7.97. The van der Waals surface area contributed by atoms with Gasteiger partial charge in [-0.1, -0.05) is 6.92 Å². The van der Waals surface area contributed by atoms with Gasteiger partial charge in [0, 0.05) is 18.2 Å². The molecule has 0 atom stereocenters. The monoisotopic (exact) mass is 430 g/mol. The molecule has 1 aromatic carbocycles. The van der Waals surface area contributed by atoms with Crippen LogP contribution in [0, 0.1) is 0 Å². The lowest BCUT2D eigenvalue weighted by Crippen LogP contribution is -2.19. The van der Waals surface area contributed by atoms with E-state index in [1.807, 2.05) is 12.1 Å². The Morgan fingerprint density at radius 3 is 2.87 bits per heavy atom. The highest BCUT2D eigenvalue weighted by Gasteiger charge is 2.25. The summed E-state index contributed by atoms with van der Waals surface area (Å²) in [6.07, 6.45) is 6.20. The first-order valence-corrected chi connectivity index (χ1v) is 10.8. The van der Waals surface area contributed by atoms with Crippen molar-refractivity contribution in [1.82, 2.24) is 10.2 Å². The number of nitrogens with zero attached hydrogens (tertiary/aromatic N) is 3. The van der Waals surface area contributed by atoms with Crippen molar-refractivity contribution in [3.8, 4) is 5.75 Å². The Kier molecular flexibility index (Phi) is 8.04. The van der Waals surface area contributed by atoms with Crippen molar-refractivity contribution in [2.45, 2.75) is 32.7 Å². The predicted molar refractivity (Wildman–Crippen MR) is 118 cm³/mol. The molecule has 1 amide bonds. The normalized spacial score (nSPS) is 19.7. The van der Waals surface area contributed by atoms with Gasteiger partial charge in [0.2, 0.25) is 0 Å². The van der Waals surface area contributed by atoms with Gasteiger partial charge in [0.1, 0.15) is 5.75 Å². The first-order chi connectivity index (χ1) is 14.6. The number of amidine groups is 1. The number of methoxy groups -OCH3 is 1. The number of benzene rings is 1. The number of rotatable bonds is 8. The Hall–Kier alpha value is -2.65. The summed E-state index contributed by atoms with van der Waals surface area (Å²) in [7, 11) is 1.26. The van der Waals surface area contributed by atoms with Gasteiger partial charge in [0.15, 0.2) is 5.17 Å². The van der Waals surface area contributed by atoms with Crippen LogP contribution in [0.5, 0.6) is 5.75 Å². The fourth-order valence-electron chi connectivity index (χ4n) is 3.13. The van der Waals surface area contributed by atoms with Crippen LogP contribution in [0.1, 0.15) is 37.3 Å². The molecule has 0 spiro atoms.